The van der Waals surface area contributed by atoms with Crippen molar-refractivity contribution in [3.63, 3.8) is 0 Å². The largest absolute Gasteiger partial charge is 0.394 e. The smallest absolute Gasteiger partial charge is 0.204 e. The van der Waals surface area contributed by atoms with Crippen LogP contribution in [0, 0.1) is 4.77 Å². The van der Waals surface area contributed by atoms with Gasteiger partial charge in [0.2, 0.25) is 4.77 Å². The van der Waals surface area contributed by atoms with Crippen molar-refractivity contribution in [3.8, 4) is 5.69 Å². The second kappa shape index (κ2) is 8.98. The first-order valence-corrected chi connectivity index (χ1v) is 8.41. The molecule has 0 aliphatic carbocycles. The summed E-state index contributed by atoms with van der Waals surface area (Å²) in [5, 5.41) is 59.2. The second-order valence-electron chi connectivity index (χ2n) is 5.63. The molecule has 1 aromatic heterocycles. The Morgan fingerprint density at radius 1 is 0.962 bits per heavy atom. The zero-order valence-corrected chi connectivity index (χ0v) is 15.0. The lowest BCUT2D eigenvalue weighted by molar-refractivity contribution is -0.142. The molecular formula is C16H19ClN2O6S. The molecule has 1 aromatic carbocycles. The predicted molar refractivity (Wildman–Crippen MR) is 95.5 cm³/mol. The van der Waals surface area contributed by atoms with Gasteiger partial charge in [0.15, 0.2) is 0 Å². The van der Waals surface area contributed by atoms with Crippen molar-refractivity contribution in [2.24, 2.45) is 0 Å². The molecule has 0 amide bonds. The Kier molecular flexibility index (Phi) is 7.21. The molecule has 8 nitrogen and oxygen atoms in total. The molecule has 0 bridgehead atoms. The summed E-state index contributed by atoms with van der Waals surface area (Å²) in [6, 6.07) is 7.86. The van der Waals surface area contributed by atoms with Crippen LogP contribution in [0.4, 0.5) is 0 Å². The molecule has 6 N–H and O–H groups in total. The van der Waals surface area contributed by atoms with Gasteiger partial charge < -0.3 is 30.6 Å². The lowest BCUT2D eigenvalue weighted by Gasteiger charge is -2.29. The van der Waals surface area contributed by atoms with Crippen LogP contribution in [0.3, 0.4) is 0 Å². The fourth-order valence-corrected chi connectivity index (χ4v) is 2.80. The minimum absolute atomic E-state index is 0.0847. The summed E-state index contributed by atoms with van der Waals surface area (Å²) in [6.45, 7) is -0.822. The van der Waals surface area contributed by atoms with E-state index in [9.17, 15) is 25.5 Å². The molecule has 10 heteroatoms. The van der Waals surface area contributed by atoms with E-state index in [4.69, 9.17) is 28.9 Å². The van der Waals surface area contributed by atoms with Crippen molar-refractivity contribution in [2.45, 2.75) is 30.5 Å². The van der Waals surface area contributed by atoms with Crippen LogP contribution in [0.15, 0.2) is 36.5 Å². The van der Waals surface area contributed by atoms with Crippen LogP contribution in [0.5, 0.6) is 0 Å². The maximum absolute atomic E-state index is 10.5. The van der Waals surface area contributed by atoms with E-state index >= 15 is 0 Å². The molecule has 0 aliphatic heterocycles. The first-order chi connectivity index (χ1) is 12.3. The van der Waals surface area contributed by atoms with Crippen molar-refractivity contribution < 1.29 is 30.6 Å². The second-order valence-corrected chi connectivity index (χ2v) is 6.43. The van der Waals surface area contributed by atoms with Gasteiger partial charge in [-0.25, -0.2) is 4.98 Å². The van der Waals surface area contributed by atoms with E-state index in [-0.39, 0.29) is 10.5 Å². The summed E-state index contributed by atoms with van der Waals surface area (Å²) in [5.74, 6) is 0. The quantitative estimate of drug-likeness (QED) is 0.348. The summed E-state index contributed by atoms with van der Waals surface area (Å²) in [7, 11) is 0. The number of aromatic nitrogens is 2. The van der Waals surface area contributed by atoms with Crippen molar-refractivity contribution >= 4 is 23.8 Å². The van der Waals surface area contributed by atoms with E-state index in [1.807, 2.05) is 0 Å². The molecular weight excluding hydrogens is 384 g/mol. The minimum atomic E-state index is -1.92. The summed E-state index contributed by atoms with van der Waals surface area (Å²) >= 11 is 11.0. The Labute approximate surface area is 159 Å². The number of aliphatic hydroxyl groups is 6. The maximum Gasteiger partial charge on any atom is 0.204 e. The highest BCUT2D eigenvalue weighted by atomic mass is 35.5. The van der Waals surface area contributed by atoms with E-state index in [1.165, 1.54) is 16.8 Å². The van der Waals surface area contributed by atoms with Crippen LogP contribution >= 0.6 is 23.8 Å². The van der Waals surface area contributed by atoms with Crippen LogP contribution in [-0.2, 0) is 0 Å². The van der Waals surface area contributed by atoms with Crippen molar-refractivity contribution in [2.75, 3.05) is 6.61 Å². The Balaban J connectivity index is 2.40. The van der Waals surface area contributed by atoms with Crippen LogP contribution < -0.4 is 0 Å². The van der Waals surface area contributed by atoms with Crippen molar-refractivity contribution in [1.82, 2.24) is 9.55 Å². The zero-order chi connectivity index (χ0) is 19.4. The van der Waals surface area contributed by atoms with E-state index in [0.717, 1.165) is 0 Å². The number of hydrogen-bond acceptors (Lipinski definition) is 8. The minimum Gasteiger partial charge on any atom is -0.394 e. The van der Waals surface area contributed by atoms with Crippen molar-refractivity contribution in [1.29, 1.82) is 0 Å². The van der Waals surface area contributed by atoms with Gasteiger partial charge in [0.05, 0.1) is 12.3 Å². The fraction of sp³-hybridized carbons (Fsp3) is 0.375. The monoisotopic (exact) mass is 402 g/mol. The van der Waals surface area contributed by atoms with Gasteiger partial charge in [0.1, 0.15) is 30.5 Å². The normalized spacial score (nSPS) is 17.3. The Hall–Kier alpha value is -1.43. The first-order valence-electron chi connectivity index (χ1n) is 7.63. The van der Waals surface area contributed by atoms with Gasteiger partial charge in [0.25, 0.3) is 0 Å². The standard InChI is InChI=1S/C16H19ClN2O6S/c17-8-1-3-9(4-2-8)19-10(5-6-18-16(19)26)12(22)14(24)15(25)13(23)11(21)7-20/h1-6,11-15,20-25H,7H2/t11-,12?,13-,14+,15+/m1/s1. The number of rotatable bonds is 7. The molecule has 26 heavy (non-hydrogen) atoms. The molecule has 2 aromatic rings. The molecule has 1 unspecified atom stereocenters. The number of benzene rings is 1. The Morgan fingerprint density at radius 3 is 2.15 bits per heavy atom. The summed E-state index contributed by atoms with van der Waals surface area (Å²) in [4.78, 5) is 3.97. The summed E-state index contributed by atoms with van der Waals surface area (Å²) in [5.41, 5.74) is 0.615. The highest BCUT2D eigenvalue weighted by Gasteiger charge is 2.35. The van der Waals surface area contributed by atoms with E-state index in [0.29, 0.717) is 10.7 Å². The van der Waals surface area contributed by atoms with E-state index in [2.05, 4.69) is 4.98 Å². The van der Waals surface area contributed by atoms with Crippen LogP contribution in [0.2, 0.25) is 5.02 Å². The average molecular weight is 403 g/mol. The Bertz CT molecular complexity index is 787. The highest BCUT2D eigenvalue weighted by molar-refractivity contribution is 7.71. The average Bonchev–Trinajstić information content (AvgIpc) is 2.65. The number of aliphatic hydroxyl groups excluding tert-OH is 6. The van der Waals surface area contributed by atoms with Gasteiger partial charge in [-0.15, -0.1) is 0 Å². The van der Waals surface area contributed by atoms with Crippen LogP contribution in [0.1, 0.15) is 11.8 Å². The van der Waals surface area contributed by atoms with Gasteiger partial charge in [-0.1, -0.05) is 11.6 Å². The van der Waals surface area contributed by atoms with Gasteiger partial charge >= 0.3 is 0 Å². The third kappa shape index (κ3) is 4.45. The maximum atomic E-state index is 10.5. The number of nitrogens with zero attached hydrogens (tertiary/aromatic N) is 2. The van der Waals surface area contributed by atoms with E-state index < -0.39 is 37.1 Å². The Morgan fingerprint density at radius 2 is 1.58 bits per heavy atom. The van der Waals surface area contributed by atoms with Crippen molar-refractivity contribution in [3.05, 3.63) is 52.0 Å². The van der Waals surface area contributed by atoms with Crippen LogP contribution in [-0.4, -0.2) is 71.2 Å². The summed E-state index contributed by atoms with van der Waals surface area (Å²) < 4.78 is 1.46. The molecule has 0 radical (unpaired) electrons. The number of hydrogen-bond donors (Lipinski definition) is 6. The van der Waals surface area contributed by atoms with Gasteiger partial charge in [0, 0.05) is 16.9 Å². The fourth-order valence-electron chi connectivity index (χ4n) is 2.40. The lowest BCUT2D eigenvalue weighted by atomic mass is 9.97. The number of halogens is 1. The topological polar surface area (TPSA) is 139 Å². The molecule has 142 valence electrons. The van der Waals surface area contributed by atoms with E-state index in [1.54, 1.807) is 24.3 Å². The SMILES string of the molecule is OC[C@@H](O)[C@@H](O)[C@H](O)[C@@H](O)C(O)c1ccnc(=S)n1-c1ccc(Cl)cc1. The lowest BCUT2D eigenvalue weighted by Crippen LogP contribution is -2.48. The molecule has 0 spiro atoms. The van der Waals surface area contributed by atoms with Gasteiger partial charge in [-0.2, -0.15) is 0 Å². The molecule has 1 heterocycles. The molecule has 5 atom stereocenters. The highest BCUT2D eigenvalue weighted by Crippen LogP contribution is 2.24. The van der Waals surface area contributed by atoms with Gasteiger partial charge in [-0.05, 0) is 42.5 Å². The third-order valence-electron chi connectivity index (χ3n) is 3.87. The first kappa shape index (κ1) is 20.9. The predicted octanol–water partition coefficient (Wildman–Crippen LogP) is -0.276. The molecule has 0 saturated heterocycles. The van der Waals surface area contributed by atoms with Crippen LogP contribution in [0.25, 0.3) is 5.69 Å². The molecule has 0 aliphatic rings. The molecule has 2 rings (SSSR count). The van der Waals surface area contributed by atoms with Gasteiger partial charge in [-0.3, -0.25) is 4.57 Å². The molecule has 0 fully saturated rings. The third-order valence-corrected chi connectivity index (χ3v) is 4.41. The molecule has 0 saturated carbocycles. The summed E-state index contributed by atoms with van der Waals surface area (Å²) in [6.07, 6.45) is -7.69. The zero-order valence-electron chi connectivity index (χ0n) is 13.4.